The largest absolute Gasteiger partial charge is 0.389 e. The number of hydrogen-bond acceptors (Lipinski definition) is 2. The van der Waals surface area contributed by atoms with E-state index in [1.165, 1.54) is 5.56 Å². The lowest BCUT2D eigenvalue weighted by atomic mass is 10.1. The van der Waals surface area contributed by atoms with E-state index in [2.05, 4.69) is 12.2 Å². The number of hydrogen-bond donors (Lipinski definition) is 2. The maximum Gasteiger partial charge on any atom is 0.106 e. The first-order chi connectivity index (χ1) is 6.26. The van der Waals surface area contributed by atoms with Gasteiger partial charge in [0.25, 0.3) is 0 Å². The lowest BCUT2D eigenvalue weighted by molar-refractivity contribution is 0.359. The van der Waals surface area contributed by atoms with Crippen LogP contribution in [-0.2, 0) is 6.42 Å². The Morgan fingerprint density at radius 3 is 2.46 bits per heavy atom. The van der Waals surface area contributed by atoms with Gasteiger partial charge in [0.15, 0.2) is 0 Å². The normalized spacial score (nSPS) is 9.69. The van der Waals surface area contributed by atoms with Crippen molar-refractivity contribution in [3.05, 3.63) is 29.8 Å². The first-order valence-electron chi connectivity index (χ1n) is 4.26. The quantitative estimate of drug-likeness (QED) is 0.723. The fourth-order valence-corrected chi connectivity index (χ4v) is 1.14. The van der Waals surface area contributed by atoms with Crippen LogP contribution < -0.4 is 5.32 Å². The van der Waals surface area contributed by atoms with Crippen LogP contribution in [0.15, 0.2) is 24.3 Å². The Kier molecular flexibility index (Phi) is 3.86. The fourth-order valence-electron chi connectivity index (χ4n) is 1.02. The molecule has 0 unspecified atom stereocenters. The summed E-state index contributed by atoms with van der Waals surface area (Å²) in [6.45, 7) is 2.01. The summed E-state index contributed by atoms with van der Waals surface area (Å²) in [5, 5.41) is 11.6. The minimum atomic E-state index is -0.106. The number of benzene rings is 1. The number of aryl methyl sites for hydroxylation is 1. The standard InChI is InChI=1S/C10H13NOS/c1-2-8-3-5-9(6-4-8)11-10(13)7-12/h3-6,12H,2,7H2,1H3,(H,11,13). The third-order valence-electron chi connectivity index (χ3n) is 1.79. The van der Waals surface area contributed by atoms with Gasteiger partial charge in [0, 0.05) is 5.69 Å². The van der Waals surface area contributed by atoms with Gasteiger partial charge < -0.3 is 10.4 Å². The summed E-state index contributed by atoms with van der Waals surface area (Å²) in [5.74, 6) is 0. The van der Waals surface area contributed by atoms with Crippen LogP contribution in [0.1, 0.15) is 12.5 Å². The number of aliphatic hydroxyl groups excluding tert-OH is 1. The van der Waals surface area contributed by atoms with Crippen molar-refractivity contribution in [2.24, 2.45) is 0 Å². The highest BCUT2D eigenvalue weighted by atomic mass is 32.1. The minimum Gasteiger partial charge on any atom is -0.389 e. The Bertz CT molecular complexity index is 281. The smallest absolute Gasteiger partial charge is 0.106 e. The van der Waals surface area contributed by atoms with Gasteiger partial charge >= 0.3 is 0 Å². The molecule has 13 heavy (non-hydrogen) atoms. The third kappa shape index (κ3) is 3.13. The predicted molar refractivity (Wildman–Crippen MR) is 59.1 cm³/mol. The van der Waals surface area contributed by atoms with Crippen LogP contribution in [0, 0.1) is 0 Å². The molecule has 2 N–H and O–H groups in total. The molecule has 1 rings (SSSR count). The molecule has 0 aliphatic carbocycles. The van der Waals surface area contributed by atoms with E-state index in [0.29, 0.717) is 4.99 Å². The van der Waals surface area contributed by atoms with Gasteiger partial charge in [-0.2, -0.15) is 0 Å². The van der Waals surface area contributed by atoms with E-state index in [-0.39, 0.29) is 6.61 Å². The van der Waals surface area contributed by atoms with Crippen molar-refractivity contribution in [3.8, 4) is 0 Å². The molecular formula is C10H13NOS. The van der Waals surface area contributed by atoms with E-state index in [4.69, 9.17) is 17.3 Å². The van der Waals surface area contributed by atoms with Crippen molar-refractivity contribution in [2.45, 2.75) is 13.3 Å². The topological polar surface area (TPSA) is 32.3 Å². The van der Waals surface area contributed by atoms with Crippen molar-refractivity contribution in [1.82, 2.24) is 0 Å². The predicted octanol–water partition coefficient (Wildman–Crippen LogP) is 1.98. The monoisotopic (exact) mass is 195 g/mol. The SMILES string of the molecule is CCc1ccc(NC(=S)CO)cc1. The highest BCUT2D eigenvalue weighted by Crippen LogP contribution is 2.09. The van der Waals surface area contributed by atoms with Crippen molar-refractivity contribution in [1.29, 1.82) is 0 Å². The Labute approximate surface area is 83.6 Å². The zero-order valence-corrected chi connectivity index (χ0v) is 8.40. The van der Waals surface area contributed by atoms with E-state index in [0.717, 1.165) is 12.1 Å². The molecule has 0 atom stereocenters. The van der Waals surface area contributed by atoms with Crippen molar-refractivity contribution >= 4 is 22.9 Å². The van der Waals surface area contributed by atoms with Crippen LogP contribution in [0.5, 0.6) is 0 Å². The van der Waals surface area contributed by atoms with Crippen LogP contribution in [0.3, 0.4) is 0 Å². The first kappa shape index (κ1) is 10.2. The summed E-state index contributed by atoms with van der Waals surface area (Å²) >= 11 is 4.84. The Hall–Kier alpha value is -0.930. The zero-order chi connectivity index (χ0) is 9.68. The molecule has 0 saturated heterocycles. The van der Waals surface area contributed by atoms with Crippen LogP contribution in [0.2, 0.25) is 0 Å². The molecule has 2 nitrogen and oxygen atoms in total. The highest BCUT2D eigenvalue weighted by Gasteiger charge is 1.95. The number of nitrogens with one attached hydrogen (secondary N) is 1. The number of thiocarbonyl (C=S) groups is 1. The van der Waals surface area contributed by atoms with Crippen LogP contribution in [0.25, 0.3) is 0 Å². The minimum absolute atomic E-state index is 0.106. The second-order valence-corrected chi connectivity index (χ2v) is 3.25. The maximum absolute atomic E-state index is 8.69. The molecule has 0 radical (unpaired) electrons. The highest BCUT2D eigenvalue weighted by molar-refractivity contribution is 7.80. The van der Waals surface area contributed by atoms with Gasteiger partial charge in [-0.05, 0) is 24.1 Å². The van der Waals surface area contributed by atoms with Crippen molar-refractivity contribution < 1.29 is 5.11 Å². The number of aliphatic hydroxyl groups is 1. The van der Waals surface area contributed by atoms with Gasteiger partial charge in [0.1, 0.15) is 4.99 Å². The molecule has 0 bridgehead atoms. The lowest BCUT2D eigenvalue weighted by Gasteiger charge is -2.05. The van der Waals surface area contributed by atoms with E-state index in [1.807, 2.05) is 24.3 Å². The summed E-state index contributed by atoms with van der Waals surface area (Å²) in [7, 11) is 0. The molecule has 1 aromatic carbocycles. The first-order valence-corrected chi connectivity index (χ1v) is 4.66. The van der Waals surface area contributed by atoms with Crippen LogP contribution in [0.4, 0.5) is 5.69 Å². The van der Waals surface area contributed by atoms with Crippen LogP contribution >= 0.6 is 12.2 Å². The van der Waals surface area contributed by atoms with Crippen molar-refractivity contribution in [3.63, 3.8) is 0 Å². The van der Waals surface area contributed by atoms with Crippen LogP contribution in [-0.4, -0.2) is 16.7 Å². The number of anilines is 1. The Balaban J connectivity index is 2.64. The van der Waals surface area contributed by atoms with E-state index >= 15 is 0 Å². The molecule has 0 heterocycles. The summed E-state index contributed by atoms with van der Waals surface area (Å²) in [4.78, 5) is 0.448. The molecule has 0 fully saturated rings. The molecular weight excluding hydrogens is 182 g/mol. The van der Waals surface area contributed by atoms with Gasteiger partial charge in [0.05, 0.1) is 6.61 Å². The molecule has 0 aliphatic heterocycles. The molecule has 0 aliphatic rings. The fraction of sp³-hybridized carbons (Fsp3) is 0.300. The molecule has 70 valence electrons. The Morgan fingerprint density at radius 1 is 1.38 bits per heavy atom. The van der Waals surface area contributed by atoms with Crippen molar-refractivity contribution in [2.75, 3.05) is 11.9 Å². The number of rotatable bonds is 3. The van der Waals surface area contributed by atoms with E-state index in [1.54, 1.807) is 0 Å². The molecule has 0 aromatic heterocycles. The van der Waals surface area contributed by atoms with Gasteiger partial charge in [-0.3, -0.25) is 0 Å². The molecule has 0 spiro atoms. The third-order valence-corrected chi connectivity index (χ3v) is 2.02. The molecule has 0 amide bonds. The van der Waals surface area contributed by atoms with Gasteiger partial charge in [0.2, 0.25) is 0 Å². The Morgan fingerprint density at radius 2 is 2.00 bits per heavy atom. The van der Waals surface area contributed by atoms with Gasteiger partial charge in [-0.25, -0.2) is 0 Å². The average molecular weight is 195 g/mol. The second kappa shape index (κ2) is 4.94. The summed E-state index contributed by atoms with van der Waals surface area (Å²) < 4.78 is 0. The maximum atomic E-state index is 8.69. The lowest BCUT2D eigenvalue weighted by Crippen LogP contribution is -2.12. The zero-order valence-electron chi connectivity index (χ0n) is 7.58. The van der Waals surface area contributed by atoms with Gasteiger partial charge in [-0.15, -0.1) is 0 Å². The van der Waals surface area contributed by atoms with Gasteiger partial charge in [-0.1, -0.05) is 31.3 Å². The average Bonchev–Trinajstić information content (AvgIpc) is 2.19. The molecule has 0 saturated carbocycles. The van der Waals surface area contributed by atoms with E-state index in [9.17, 15) is 0 Å². The second-order valence-electron chi connectivity index (χ2n) is 2.76. The molecule has 3 heteroatoms. The summed E-state index contributed by atoms with van der Waals surface area (Å²) in [6, 6.07) is 8.01. The summed E-state index contributed by atoms with van der Waals surface area (Å²) in [5.41, 5.74) is 2.22. The molecule has 1 aromatic rings. The van der Waals surface area contributed by atoms with E-state index < -0.39 is 0 Å². The summed E-state index contributed by atoms with van der Waals surface area (Å²) in [6.07, 6.45) is 1.03.